The van der Waals surface area contributed by atoms with Crippen LogP contribution >= 0.6 is 0 Å². The van der Waals surface area contributed by atoms with Crippen molar-refractivity contribution in [2.24, 2.45) is 46.3 Å². The second-order valence-corrected chi connectivity index (χ2v) is 13.1. The second kappa shape index (κ2) is 6.66. The fourth-order valence-electron chi connectivity index (χ4n) is 9.95. The zero-order valence-electron chi connectivity index (χ0n) is 20.2. The molecule has 2 spiro atoms. The molecule has 0 aromatic heterocycles. The minimum Gasteiger partial charge on any atom is -0.387 e. The van der Waals surface area contributed by atoms with Crippen molar-refractivity contribution in [3.63, 3.8) is 0 Å². The van der Waals surface area contributed by atoms with Crippen LogP contribution in [0.25, 0.3) is 0 Å². The molecule has 5 heteroatoms. The summed E-state index contributed by atoms with van der Waals surface area (Å²) in [7, 11) is 0. The maximum Gasteiger partial charge on any atom is 0.198 e. The molecular formula is C27H40O5. The first-order valence-electron chi connectivity index (χ1n) is 13.1. The van der Waals surface area contributed by atoms with Gasteiger partial charge in [0.05, 0.1) is 17.6 Å². The largest absolute Gasteiger partial charge is 0.387 e. The van der Waals surface area contributed by atoms with Gasteiger partial charge in [-0.25, -0.2) is 0 Å². The Bertz CT molecular complexity index is 851. The molecule has 0 unspecified atom stereocenters. The van der Waals surface area contributed by atoms with E-state index in [9.17, 15) is 14.7 Å². The maximum atomic E-state index is 14.1. The molecule has 2 saturated heterocycles. The monoisotopic (exact) mass is 444 g/mol. The van der Waals surface area contributed by atoms with E-state index in [1.165, 1.54) is 0 Å². The Hall–Kier alpha value is -0.780. The lowest BCUT2D eigenvalue weighted by Crippen LogP contribution is -2.66. The SMILES string of the molecule is C[C@H]1[C@H]2CC[C@H]3[C@@H]4CC[C@H]5CC(=O)CC[C@]5(C)[C@H]4CC(=O)[C@]23CO[C@]12OC(C)(C)C[C@H]2O. The summed E-state index contributed by atoms with van der Waals surface area (Å²) in [5.41, 5.74) is -0.693. The average molecular weight is 445 g/mol. The van der Waals surface area contributed by atoms with Crippen LogP contribution in [0.2, 0.25) is 0 Å². The van der Waals surface area contributed by atoms with E-state index in [1.54, 1.807) is 0 Å². The third-order valence-corrected chi connectivity index (χ3v) is 11.5. The molecular weight excluding hydrogens is 404 g/mol. The quantitative estimate of drug-likeness (QED) is 0.603. The van der Waals surface area contributed by atoms with Crippen molar-refractivity contribution in [2.75, 3.05) is 6.61 Å². The molecule has 5 nitrogen and oxygen atoms in total. The molecule has 0 aromatic carbocycles. The standard InChI is InChI=1S/C27H40O5/c1-15-19-7-8-20-18-6-5-16-11-17(28)9-10-25(16,4)21(18)12-22(29)26(19,20)14-31-27(15)23(30)13-24(2,3)32-27/h15-16,18-21,23,30H,5-14H2,1-4H3/t15-,16-,18-,19+,20-,21-,23+,25-,26+,27-/m0/s1. The predicted octanol–water partition coefficient (Wildman–Crippen LogP) is 4.30. The van der Waals surface area contributed by atoms with E-state index in [1.807, 2.05) is 13.8 Å². The van der Waals surface area contributed by atoms with Gasteiger partial charge in [-0.05, 0) is 81.0 Å². The number of ketones is 2. The number of Topliss-reactive ketones (excluding diaryl/α,β-unsaturated/α-hetero) is 2. The lowest BCUT2D eigenvalue weighted by molar-refractivity contribution is -0.342. The lowest BCUT2D eigenvalue weighted by Gasteiger charge is -2.62. The van der Waals surface area contributed by atoms with Crippen molar-refractivity contribution >= 4 is 11.6 Å². The summed E-state index contributed by atoms with van der Waals surface area (Å²) in [4.78, 5) is 26.2. The Balaban J connectivity index is 1.33. The summed E-state index contributed by atoms with van der Waals surface area (Å²) < 4.78 is 12.9. The molecule has 1 N–H and O–H groups in total. The zero-order chi connectivity index (χ0) is 22.7. The number of carbonyl (C=O) groups is 2. The lowest BCUT2D eigenvalue weighted by atomic mass is 9.43. The summed E-state index contributed by atoms with van der Waals surface area (Å²) in [5, 5.41) is 11.0. The first-order chi connectivity index (χ1) is 15.0. The maximum absolute atomic E-state index is 14.1. The van der Waals surface area contributed by atoms with Gasteiger partial charge in [-0.2, -0.15) is 0 Å². The van der Waals surface area contributed by atoms with Crippen LogP contribution in [-0.4, -0.2) is 40.8 Å². The van der Waals surface area contributed by atoms with Crippen molar-refractivity contribution in [1.82, 2.24) is 0 Å². The van der Waals surface area contributed by atoms with Crippen molar-refractivity contribution in [3.05, 3.63) is 0 Å². The first-order valence-corrected chi connectivity index (χ1v) is 13.1. The van der Waals surface area contributed by atoms with Crippen molar-refractivity contribution in [3.8, 4) is 0 Å². The van der Waals surface area contributed by atoms with Crippen LogP contribution in [0.1, 0.15) is 85.5 Å². The number of carbonyl (C=O) groups excluding carboxylic acids is 2. The Morgan fingerprint density at radius 1 is 0.969 bits per heavy atom. The van der Waals surface area contributed by atoms with Gasteiger partial charge in [0.2, 0.25) is 0 Å². The fraction of sp³-hybridized carbons (Fsp3) is 0.926. The van der Waals surface area contributed by atoms with E-state index in [0.29, 0.717) is 61.1 Å². The number of fused-ring (bicyclic) bond motifs is 4. The normalized spacial score (nSPS) is 56.5. The van der Waals surface area contributed by atoms with Gasteiger partial charge in [-0.1, -0.05) is 13.8 Å². The topological polar surface area (TPSA) is 72.8 Å². The number of aliphatic hydroxyl groups is 1. The zero-order valence-corrected chi connectivity index (χ0v) is 20.2. The predicted molar refractivity (Wildman–Crippen MR) is 119 cm³/mol. The van der Waals surface area contributed by atoms with Crippen LogP contribution in [0, 0.1) is 46.3 Å². The fourth-order valence-corrected chi connectivity index (χ4v) is 9.95. The van der Waals surface area contributed by atoms with Gasteiger partial charge in [0.25, 0.3) is 0 Å². The van der Waals surface area contributed by atoms with E-state index in [-0.39, 0.29) is 17.3 Å². The summed E-state index contributed by atoms with van der Waals surface area (Å²) in [6.45, 7) is 8.99. The summed E-state index contributed by atoms with van der Waals surface area (Å²) in [6, 6.07) is 0. The molecule has 0 amide bonds. The molecule has 10 atom stereocenters. The van der Waals surface area contributed by atoms with Crippen LogP contribution in [0.3, 0.4) is 0 Å². The number of hydrogen-bond acceptors (Lipinski definition) is 5. The van der Waals surface area contributed by atoms with Gasteiger partial charge in [0.1, 0.15) is 17.7 Å². The van der Waals surface area contributed by atoms with Gasteiger partial charge in [-0.3, -0.25) is 9.59 Å². The molecule has 6 rings (SSSR count). The summed E-state index contributed by atoms with van der Waals surface area (Å²) in [5.74, 6) is 1.87. The summed E-state index contributed by atoms with van der Waals surface area (Å²) in [6.07, 6.45) is 7.33. The van der Waals surface area contributed by atoms with Gasteiger partial charge < -0.3 is 14.6 Å². The Labute approximate surface area is 192 Å². The molecule has 4 aliphatic carbocycles. The molecule has 2 heterocycles. The number of aliphatic hydroxyl groups excluding tert-OH is 1. The third-order valence-electron chi connectivity index (χ3n) is 11.5. The highest BCUT2D eigenvalue weighted by Gasteiger charge is 2.72. The smallest absolute Gasteiger partial charge is 0.198 e. The van der Waals surface area contributed by atoms with Crippen molar-refractivity contribution < 1.29 is 24.2 Å². The van der Waals surface area contributed by atoms with E-state index in [4.69, 9.17) is 9.47 Å². The minimum atomic E-state index is -0.973. The highest BCUT2D eigenvalue weighted by molar-refractivity contribution is 5.88. The third kappa shape index (κ3) is 2.57. The van der Waals surface area contributed by atoms with Crippen LogP contribution < -0.4 is 0 Å². The summed E-state index contributed by atoms with van der Waals surface area (Å²) >= 11 is 0. The second-order valence-electron chi connectivity index (χ2n) is 13.1. The van der Waals surface area contributed by atoms with Gasteiger partial charge in [0.15, 0.2) is 5.79 Å². The van der Waals surface area contributed by atoms with Gasteiger partial charge >= 0.3 is 0 Å². The minimum absolute atomic E-state index is 0.00208. The molecule has 4 saturated carbocycles. The van der Waals surface area contributed by atoms with Crippen LogP contribution in [0.5, 0.6) is 0 Å². The van der Waals surface area contributed by atoms with Crippen LogP contribution in [0.4, 0.5) is 0 Å². The molecule has 0 aromatic rings. The highest BCUT2D eigenvalue weighted by atomic mass is 16.7. The Morgan fingerprint density at radius 3 is 2.44 bits per heavy atom. The first kappa shape index (κ1) is 21.7. The molecule has 32 heavy (non-hydrogen) atoms. The molecule has 0 bridgehead atoms. The van der Waals surface area contributed by atoms with Crippen molar-refractivity contribution in [2.45, 2.75) is 103 Å². The van der Waals surface area contributed by atoms with Crippen LogP contribution in [0.15, 0.2) is 0 Å². The van der Waals surface area contributed by atoms with E-state index < -0.39 is 22.9 Å². The molecule has 2 aliphatic heterocycles. The molecule has 178 valence electrons. The van der Waals surface area contributed by atoms with E-state index in [0.717, 1.165) is 38.5 Å². The van der Waals surface area contributed by atoms with Crippen molar-refractivity contribution in [1.29, 1.82) is 0 Å². The van der Waals surface area contributed by atoms with E-state index in [2.05, 4.69) is 13.8 Å². The molecule has 0 radical (unpaired) electrons. The van der Waals surface area contributed by atoms with E-state index >= 15 is 0 Å². The molecule has 6 fully saturated rings. The Kier molecular flexibility index (Phi) is 4.53. The average Bonchev–Trinajstić information content (AvgIpc) is 3.23. The van der Waals surface area contributed by atoms with Crippen LogP contribution in [-0.2, 0) is 19.1 Å². The highest BCUT2D eigenvalue weighted by Crippen LogP contribution is 2.69. The number of ether oxygens (including phenoxy) is 2. The number of rotatable bonds is 0. The molecule has 6 aliphatic rings. The van der Waals surface area contributed by atoms with Gasteiger partial charge in [-0.15, -0.1) is 0 Å². The number of hydrogen-bond donors (Lipinski definition) is 1. The van der Waals surface area contributed by atoms with Gasteiger partial charge in [0, 0.05) is 31.6 Å². The Morgan fingerprint density at radius 2 is 1.72 bits per heavy atom.